The summed E-state index contributed by atoms with van der Waals surface area (Å²) in [6.07, 6.45) is 1.20. The fourth-order valence-electron chi connectivity index (χ4n) is 3.64. The van der Waals surface area contributed by atoms with Crippen LogP contribution in [-0.4, -0.2) is 51.3 Å². The molecule has 1 amide bonds. The van der Waals surface area contributed by atoms with Crippen LogP contribution in [0.2, 0.25) is 0 Å². The molecule has 3 rings (SSSR count). The number of aromatic nitrogens is 1. The second kappa shape index (κ2) is 6.15. The molecule has 1 aliphatic heterocycles. The van der Waals surface area contributed by atoms with Gasteiger partial charge in [0.05, 0.1) is 24.2 Å². The number of hydrogen-bond donors (Lipinski definition) is 2. The van der Waals surface area contributed by atoms with Gasteiger partial charge < -0.3 is 15.1 Å². The molecule has 0 saturated carbocycles. The lowest BCUT2D eigenvalue weighted by Gasteiger charge is -2.38. The van der Waals surface area contributed by atoms with Crippen molar-refractivity contribution >= 4 is 16.8 Å². The molecule has 1 atom stereocenters. The first kappa shape index (κ1) is 16.9. The zero-order valence-electron chi connectivity index (χ0n) is 14.5. The van der Waals surface area contributed by atoms with E-state index in [1.807, 2.05) is 32.9 Å². The van der Waals surface area contributed by atoms with Gasteiger partial charge in [0.2, 0.25) is 0 Å². The summed E-state index contributed by atoms with van der Waals surface area (Å²) < 4.78 is 0. The quantitative estimate of drug-likeness (QED) is 0.885. The molecule has 1 aromatic heterocycles. The molecule has 1 aromatic carbocycles. The summed E-state index contributed by atoms with van der Waals surface area (Å²) in [5, 5.41) is 20.6. The van der Waals surface area contributed by atoms with Gasteiger partial charge in [-0.2, -0.15) is 0 Å². The van der Waals surface area contributed by atoms with Crippen LogP contribution in [0.4, 0.5) is 0 Å². The third kappa shape index (κ3) is 3.01. The monoisotopic (exact) mass is 328 g/mol. The largest absolute Gasteiger partial charge is 0.393 e. The lowest BCUT2D eigenvalue weighted by molar-refractivity contribution is -0.0598. The third-order valence-corrected chi connectivity index (χ3v) is 4.75. The Hall–Kier alpha value is -1.98. The highest BCUT2D eigenvalue weighted by molar-refractivity contribution is 6.07. The van der Waals surface area contributed by atoms with E-state index in [4.69, 9.17) is 0 Å². The number of benzene rings is 1. The maximum Gasteiger partial charge on any atom is 0.254 e. The number of amides is 1. The van der Waals surface area contributed by atoms with Crippen LogP contribution in [-0.2, 0) is 0 Å². The maximum absolute atomic E-state index is 13.1. The summed E-state index contributed by atoms with van der Waals surface area (Å²) in [6, 6.07) is 5.86. The van der Waals surface area contributed by atoms with E-state index in [0.717, 1.165) is 27.7 Å². The lowest BCUT2D eigenvalue weighted by Crippen LogP contribution is -2.52. The number of aliphatic hydroxyl groups excluding tert-OH is 1. The van der Waals surface area contributed by atoms with Crippen molar-refractivity contribution in [1.29, 1.82) is 0 Å². The number of rotatable bonds is 2. The number of hydrogen-bond acceptors (Lipinski definition) is 4. The Kier molecular flexibility index (Phi) is 4.32. The molecular weight excluding hydrogens is 304 g/mol. The molecule has 2 aromatic rings. The average molecular weight is 328 g/mol. The highest BCUT2D eigenvalue weighted by Crippen LogP contribution is 2.27. The van der Waals surface area contributed by atoms with Crippen molar-refractivity contribution in [2.24, 2.45) is 0 Å². The van der Waals surface area contributed by atoms with Crippen molar-refractivity contribution in [3.05, 3.63) is 40.6 Å². The first-order chi connectivity index (χ1) is 11.3. The number of carbonyl (C=O) groups is 1. The van der Waals surface area contributed by atoms with E-state index >= 15 is 0 Å². The fourth-order valence-corrected chi connectivity index (χ4v) is 3.64. The smallest absolute Gasteiger partial charge is 0.254 e. The van der Waals surface area contributed by atoms with E-state index in [0.29, 0.717) is 24.9 Å². The molecule has 1 fully saturated rings. The number of carbonyl (C=O) groups excluding carboxylic acids is 1. The second-order valence-electron chi connectivity index (χ2n) is 7.00. The first-order valence-corrected chi connectivity index (χ1v) is 8.34. The van der Waals surface area contributed by atoms with Crippen molar-refractivity contribution in [2.75, 3.05) is 19.7 Å². The van der Waals surface area contributed by atoms with Crippen LogP contribution in [0, 0.1) is 20.8 Å². The number of pyridine rings is 1. The van der Waals surface area contributed by atoms with Gasteiger partial charge in [-0.15, -0.1) is 0 Å². The normalized spacial score (nSPS) is 21.3. The number of β-amino-alcohol motifs (C(OH)–C–C–N with tert-alkyl or cyclic N) is 1. The Bertz CT molecular complexity index is 798. The molecular formula is C19H24N2O3. The van der Waals surface area contributed by atoms with Gasteiger partial charge in [-0.1, -0.05) is 6.07 Å². The van der Waals surface area contributed by atoms with Crippen LogP contribution in [0.1, 0.15) is 40.0 Å². The van der Waals surface area contributed by atoms with E-state index in [9.17, 15) is 15.0 Å². The van der Waals surface area contributed by atoms with Gasteiger partial charge in [0.1, 0.15) is 5.60 Å². The van der Waals surface area contributed by atoms with E-state index in [1.54, 1.807) is 4.90 Å². The molecule has 5 heteroatoms. The predicted molar refractivity (Wildman–Crippen MR) is 93.1 cm³/mol. The number of likely N-dealkylation sites (tertiary alicyclic amines) is 1. The summed E-state index contributed by atoms with van der Waals surface area (Å²) in [5.74, 6) is -0.107. The number of aliphatic hydroxyl groups is 2. The lowest BCUT2D eigenvalue weighted by atomic mass is 9.92. The second-order valence-corrected chi connectivity index (χ2v) is 7.00. The van der Waals surface area contributed by atoms with E-state index in [1.165, 1.54) is 0 Å². The Balaban J connectivity index is 2.07. The van der Waals surface area contributed by atoms with Gasteiger partial charge in [-0.25, -0.2) is 0 Å². The highest BCUT2D eigenvalue weighted by Gasteiger charge is 2.35. The van der Waals surface area contributed by atoms with Crippen LogP contribution in [0.3, 0.4) is 0 Å². The molecule has 0 bridgehead atoms. The molecule has 1 saturated heterocycles. The molecule has 5 nitrogen and oxygen atoms in total. The van der Waals surface area contributed by atoms with Crippen LogP contribution in [0.15, 0.2) is 18.2 Å². The average Bonchev–Trinajstić information content (AvgIpc) is 2.52. The Morgan fingerprint density at radius 1 is 1.29 bits per heavy atom. The first-order valence-electron chi connectivity index (χ1n) is 8.34. The van der Waals surface area contributed by atoms with E-state index in [2.05, 4.69) is 11.1 Å². The van der Waals surface area contributed by atoms with Crippen molar-refractivity contribution in [1.82, 2.24) is 9.88 Å². The Morgan fingerprint density at radius 3 is 2.75 bits per heavy atom. The van der Waals surface area contributed by atoms with Crippen LogP contribution in [0.5, 0.6) is 0 Å². The molecule has 128 valence electrons. The summed E-state index contributed by atoms with van der Waals surface area (Å²) in [5.41, 5.74) is 3.18. The number of aryl methyl sites for hydroxylation is 3. The zero-order valence-corrected chi connectivity index (χ0v) is 14.5. The maximum atomic E-state index is 13.1. The Labute approximate surface area is 141 Å². The highest BCUT2D eigenvalue weighted by atomic mass is 16.3. The number of piperidine rings is 1. The molecule has 24 heavy (non-hydrogen) atoms. The van der Waals surface area contributed by atoms with Crippen LogP contribution >= 0.6 is 0 Å². The van der Waals surface area contributed by atoms with Crippen LogP contribution in [0.25, 0.3) is 10.9 Å². The molecule has 2 N–H and O–H groups in total. The third-order valence-electron chi connectivity index (χ3n) is 4.75. The minimum atomic E-state index is -1.20. The Morgan fingerprint density at radius 2 is 2.04 bits per heavy atom. The van der Waals surface area contributed by atoms with E-state index < -0.39 is 5.60 Å². The number of nitrogens with zero attached hydrogens (tertiary/aromatic N) is 2. The van der Waals surface area contributed by atoms with Gasteiger partial charge >= 0.3 is 0 Å². The van der Waals surface area contributed by atoms with Crippen molar-refractivity contribution in [3.8, 4) is 0 Å². The predicted octanol–water partition coefficient (Wildman–Crippen LogP) is 2.12. The van der Waals surface area contributed by atoms with Gasteiger partial charge in [0.15, 0.2) is 0 Å². The van der Waals surface area contributed by atoms with Crippen molar-refractivity contribution < 1.29 is 15.0 Å². The molecule has 1 aliphatic rings. The van der Waals surface area contributed by atoms with Crippen LogP contribution < -0.4 is 0 Å². The van der Waals surface area contributed by atoms with Gasteiger partial charge in [0.25, 0.3) is 5.91 Å². The fraction of sp³-hybridized carbons (Fsp3) is 0.474. The molecule has 0 aliphatic carbocycles. The molecule has 0 radical (unpaired) electrons. The van der Waals surface area contributed by atoms with Crippen molar-refractivity contribution in [3.63, 3.8) is 0 Å². The number of fused-ring (bicyclic) bond motifs is 1. The summed E-state index contributed by atoms with van der Waals surface area (Å²) >= 11 is 0. The zero-order chi connectivity index (χ0) is 17.5. The topological polar surface area (TPSA) is 73.7 Å². The molecule has 0 spiro atoms. The summed E-state index contributed by atoms with van der Waals surface area (Å²) in [6.45, 7) is 6.32. The van der Waals surface area contributed by atoms with Gasteiger partial charge in [0, 0.05) is 17.6 Å². The molecule has 2 heterocycles. The minimum absolute atomic E-state index is 0.107. The summed E-state index contributed by atoms with van der Waals surface area (Å²) in [4.78, 5) is 19.3. The summed E-state index contributed by atoms with van der Waals surface area (Å²) in [7, 11) is 0. The van der Waals surface area contributed by atoms with Crippen molar-refractivity contribution in [2.45, 2.75) is 39.2 Å². The van der Waals surface area contributed by atoms with Gasteiger partial charge in [-0.05, 0) is 56.9 Å². The minimum Gasteiger partial charge on any atom is -0.393 e. The standard InChI is InChI=1S/C19H24N2O3/c1-12-7-13(2)17-15(9-14(3)20-16(17)8-12)18(23)21-6-4-5-19(24,10-21)11-22/h7-9,22,24H,4-6,10-11H2,1-3H3/t19-/m0/s1. The van der Waals surface area contributed by atoms with E-state index in [-0.39, 0.29) is 19.1 Å². The molecule has 0 unspecified atom stereocenters. The van der Waals surface area contributed by atoms with Gasteiger partial charge in [-0.3, -0.25) is 9.78 Å². The SMILES string of the molecule is Cc1cc(C)c2c(C(=O)N3CCC[C@@](O)(CO)C3)cc(C)nc2c1.